The molecule has 0 unspecified atom stereocenters. The zero-order chi connectivity index (χ0) is 19.5. The van der Waals surface area contributed by atoms with Gasteiger partial charge in [0.05, 0.1) is 11.0 Å². The maximum absolute atomic E-state index is 12.6. The van der Waals surface area contributed by atoms with Crippen molar-refractivity contribution in [3.8, 4) is 0 Å². The lowest BCUT2D eigenvalue weighted by Crippen LogP contribution is -2.46. The summed E-state index contributed by atoms with van der Waals surface area (Å²) in [6, 6.07) is 16.6. The molecule has 0 radical (unpaired) electrons. The number of fused-ring (bicyclic) bond motifs is 1. The van der Waals surface area contributed by atoms with E-state index in [1.165, 1.54) is 11.3 Å². The van der Waals surface area contributed by atoms with Gasteiger partial charge in [0.25, 0.3) is 5.56 Å². The van der Waals surface area contributed by atoms with Gasteiger partial charge in [0, 0.05) is 38.4 Å². The van der Waals surface area contributed by atoms with E-state index in [-0.39, 0.29) is 5.56 Å². The maximum atomic E-state index is 12.6. The van der Waals surface area contributed by atoms with Crippen LogP contribution >= 0.6 is 0 Å². The minimum absolute atomic E-state index is 0.0305. The first-order valence-electron chi connectivity index (χ1n) is 10.1. The predicted molar refractivity (Wildman–Crippen MR) is 115 cm³/mol. The second kappa shape index (κ2) is 8.15. The van der Waals surface area contributed by atoms with E-state index in [0.29, 0.717) is 5.69 Å². The summed E-state index contributed by atoms with van der Waals surface area (Å²) in [5, 5.41) is 0. The van der Waals surface area contributed by atoms with Crippen LogP contribution in [0, 0.1) is 13.8 Å². The van der Waals surface area contributed by atoms with E-state index in [1.54, 1.807) is 6.92 Å². The molecule has 4 rings (SSSR count). The summed E-state index contributed by atoms with van der Waals surface area (Å²) in [5.74, 6) is 0. The first kappa shape index (κ1) is 18.7. The average Bonchev–Trinajstić information content (AvgIpc) is 2.71. The molecule has 5 nitrogen and oxygen atoms in total. The van der Waals surface area contributed by atoms with Crippen LogP contribution in [-0.4, -0.2) is 47.2 Å². The molecule has 1 aromatic heterocycles. The fourth-order valence-corrected chi connectivity index (χ4v) is 4.05. The number of aromatic nitrogens is 2. The third-order valence-electron chi connectivity index (χ3n) is 5.61. The minimum Gasteiger partial charge on any atom is -0.369 e. The normalized spacial score (nSPS) is 15.3. The predicted octanol–water partition coefficient (Wildman–Crippen LogP) is 3.23. The van der Waals surface area contributed by atoms with Crippen LogP contribution in [0.2, 0.25) is 0 Å². The van der Waals surface area contributed by atoms with Crippen LogP contribution in [0.3, 0.4) is 0 Å². The highest BCUT2D eigenvalue weighted by molar-refractivity contribution is 5.74. The van der Waals surface area contributed by atoms with Gasteiger partial charge in [0.15, 0.2) is 0 Å². The number of para-hydroxylation sites is 2. The third-order valence-corrected chi connectivity index (χ3v) is 5.61. The largest absolute Gasteiger partial charge is 0.369 e. The molecule has 1 aliphatic rings. The highest BCUT2D eigenvalue weighted by atomic mass is 16.1. The molecule has 146 valence electrons. The molecule has 3 aromatic rings. The van der Waals surface area contributed by atoms with Crippen LogP contribution in [-0.2, 0) is 6.54 Å². The molecule has 0 bridgehead atoms. The molecule has 0 aliphatic carbocycles. The van der Waals surface area contributed by atoms with Gasteiger partial charge >= 0.3 is 0 Å². The van der Waals surface area contributed by atoms with E-state index in [4.69, 9.17) is 0 Å². The summed E-state index contributed by atoms with van der Waals surface area (Å²) in [4.78, 5) is 22.0. The molecule has 0 spiro atoms. The quantitative estimate of drug-likeness (QED) is 0.686. The lowest BCUT2D eigenvalue weighted by molar-refractivity contribution is 0.250. The number of nitrogens with zero attached hydrogens (tertiary/aromatic N) is 4. The van der Waals surface area contributed by atoms with Crippen molar-refractivity contribution in [3.05, 3.63) is 70.1 Å². The van der Waals surface area contributed by atoms with Crippen LogP contribution < -0.4 is 10.5 Å². The van der Waals surface area contributed by atoms with E-state index < -0.39 is 0 Å². The van der Waals surface area contributed by atoms with Gasteiger partial charge in [-0.3, -0.25) is 9.69 Å². The number of hydrogen-bond acceptors (Lipinski definition) is 4. The van der Waals surface area contributed by atoms with Crippen molar-refractivity contribution in [3.63, 3.8) is 0 Å². The summed E-state index contributed by atoms with van der Waals surface area (Å²) in [7, 11) is 0. The summed E-state index contributed by atoms with van der Waals surface area (Å²) >= 11 is 0. The Bertz CT molecular complexity index is 1020. The monoisotopic (exact) mass is 376 g/mol. The van der Waals surface area contributed by atoms with Crippen molar-refractivity contribution < 1.29 is 0 Å². The van der Waals surface area contributed by atoms with Crippen molar-refractivity contribution in [2.45, 2.75) is 26.8 Å². The number of aryl methyl sites for hydroxylation is 3. The van der Waals surface area contributed by atoms with Gasteiger partial charge in [-0.1, -0.05) is 24.3 Å². The Hall–Kier alpha value is -2.66. The van der Waals surface area contributed by atoms with E-state index in [2.05, 4.69) is 46.0 Å². The average molecular weight is 377 g/mol. The van der Waals surface area contributed by atoms with Crippen molar-refractivity contribution in [1.82, 2.24) is 14.5 Å². The van der Waals surface area contributed by atoms with Gasteiger partial charge in [0.2, 0.25) is 0 Å². The summed E-state index contributed by atoms with van der Waals surface area (Å²) in [6.45, 7) is 9.95. The van der Waals surface area contributed by atoms with Gasteiger partial charge in [0.1, 0.15) is 5.69 Å². The van der Waals surface area contributed by atoms with Crippen LogP contribution in [0.25, 0.3) is 11.0 Å². The van der Waals surface area contributed by atoms with Crippen molar-refractivity contribution in [2.24, 2.45) is 0 Å². The topological polar surface area (TPSA) is 41.4 Å². The van der Waals surface area contributed by atoms with E-state index in [1.807, 2.05) is 28.8 Å². The van der Waals surface area contributed by atoms with Gasteiger partial charge in [-0.05, 0) is 56.6 Å². The lowest BCUT2D eigenvalue weighted by Gasteiger charge is -2.36. The molecule has 2 heterocycles. The zero-order valence-corrected chi connectivity index (χ0v) is 16.8. The first-order chi connectivity index (χ1) is 13.6. The fraction of sp³-hybridized carbons (Fsp3) is 0.391. The molecule has 1 aliphatic heterocycles. The second-order valence-corrected chi connectivity index (χ2v) is 7.66. The number of benzene rings is 2. The molecule has 0 N–H and O–H groups in total. The smallest absolute Gasteiger partial charge is 0.272 e. The number of rotatable bonds is 5. The SMILES string of the molecule is Cc1cccc(N2CCN(CCCn3c(=O)c(C)nc4ccccc43)CC2)c1. The highest BCUT2D eigenvalue weighted by Crippen LogP contribution is 2.18. The Morgan fingerprint density at radius 3 is 2.50 bits per heavy atom. The van der Waals surface area contributed by atoms with Gasteiger partial charge in [-0.15, -0.1) is 0 Å². The van der Waals surface area contributed by atoms with Crippen LogP contribution in [0.15, 0.2) is 53.3 Å². The highest BCUT2D eigenvalue weighted by Gasteiger charge is 2.17. The second-order valence-electron chi connectivity index (χ2n) is 7.66. The van der Waals surface area contributed by atoms with E-state index in [9.17, 15) is 4.79 Å². The summed E-state index contributed by atoms with van der Waals surface area (Å²) in [6.07, 6.45) is 0.970. The molecule has 28 heavy (non-hydrogen) atoms. The number of anilines is 1. The van der Waals surface area contributed by atoms with E-state index in [0.717, 1.165) is 56.7 Å². The first-order valence-corrected chi connectivity index (χ1v) is 10.1. The number of hydrogen-bond donors (Lipinski definition) is 0. The Morgan fingerprint density at radius 1 is 0.929 bits per heavy atom. The molecule has 0 atom stereocenters. The molecule has 2 aromatic carbocycles. The molecule has 1 fully saturated rings. The lowest BCUT2D eigenvalue weighted by atomic mass is 10.2. The molecule has 1 saturated heterocycles. The molecule has 5 heteroatoms. The summed E-state index contributed by atoms with van der Waals surface area (Å²) < 4.78 is 1.89. The molecular weight excluding hydrogens is 348 g/mol. The zero-order valence-electron chi connectivity index (χ0n) is 16.8. The van der Waals surface area contributed by atoms with Crippen molar-refractivity contribution >= 4 is 16.7 Å². The summed E-state index contributed by atoms with van der Waals surface area (Å²) in [5.41, 5.74) is 5.07. The molecule has 0 amide bonds. The standard InChI is InChI=1S/C23H28N4O/c1-18-7-5-8-20(17-18)26-15-13-25(14-16-26)11-6-12-27-22-10-4-3-9-21(22)24-19(2)23(27)28/h3-5,7-10,17H,6,11-16H2,1-2H3. The minimum atomic E-state index is 0.0305. The van der Waals surface area contributed by atoms with Gasteiger partial charge < -0.3 is 9.47 Å². The maximum Gasteiger partial charge on any atom is 0.272 e. The Morgan fingerprint density at radius 2 is 1.71 bits per heavy atom. The van der Waals surface area contributed by atoms with Crippen LogP contribution in [0.1, 0.15) is 17.7 Å². The van der Waals surface area contributed by atoms with Gasteiger partial charge in [-0.2, -0.15) is 0 Å². The van der Waals surface area contributed by atoms with E-state index >= 15 is 0 Å². The van der Waals surface area contributed by atoms with Crippen molar-refractivity contribution in [1.29, 1.82) is 0 Å². The third kappa shape index (κ3) is 3.94. The number of piperazine rings is 1. The van der Waals surface area contributed by atoms with Crippen LogP contribution in [0.4, 0.5) is 5.69 Å². The van der Waals surface area contributed by atoms with Gasteiger partial charge in [-0.25, -0.2) is 4.98 Å². The Balaban J connectivity index is 1.35. The van der Waals surface area contributed by atoms with Crippen molar-refractivity contribution in [2.75, 3.05) is 37.6 Å². The Kier molecular flexibility index (Phi) is 5.44. The molecule has 0 saturated carbocycles. The molecular formula is C23H28N4O. The Labute approximate surface area is 166 Å². The fourth-order valence-electron chi connectivity index (χ4n) is 4.05. The van der Waals surface area contributed by atoms with Crippen LogP contribution in [0.5, 0.6) is 0 Å².